The average Bonchev–Trinajstić information content (AvgIpc) is 3.14. The van der Waals surface area contributed by atoms with Crippen LogP contribution in [0.4, 0.5) is 10.2 Å². The average molecular weight is 229 g/mol. The van der Waals surface area contributed by atoms with E-state index in [2.05, 4.69) is 9.97 Å². The van der Waals surface area contributed by atoms with E-state index in [1.807, 2.05) is 0 Å². The van der Waals surface area contributed by atoms with Gasteiger partial charge in [0.15, 0.2) is 0 Å². The van der Waals surface area contributed by atoms with E-state index < -0.39 is 0 Å². The number of nitrogen functional groups attached to an aromatic ring is 1. The van der Waals surface area contributed by atoms with Gasteiger partial charge in [0.05, 0.1) is 0 Å². The zero-order chi connectivity index (χ0) is 11.8. The largest absolute Gasteiger partial charge is 0.383 e. The third-order valence-electron chi connectivity index (χ3n) is 2.93. The number of hydrogen-bond acceptors (Lipinski definition) is 3. The number of aromatic nitrogens is 2. The number of nitrogens with zero attached hydrogens (tertiary/aromatic N) is 2. The van der Waals surface area contributed by atoms with Crippen molar-refractivity contribution in [1.82, 2.24) is 9.97 Å². The van der Waals surface area contributed by atoms with Gasteiger partial charge in [0.25, 0.3) is 0 Å². The molecule has 0 bridgehead atoms. The van der Waals surface area contributed by atoms with Gasteiger partial charge in [-0.15, -0.1) is 0 Å². The maximum atomic E-state index is 12.8. The van der Waals surface area contributed by atoms with E-state index in [-0.39, 0.29) is 5.82 Å². The lowest BCUT2D eigenvalue weighted by Gasteiger charge is -2.06. The Hall–Kier alpha value is -1.97. The van der Waals surface area contributed by atoms with Crippen molar-refractivity contribution in [3.05, 3.63) is 42.1 Å². The second-order valence-corrected chi connectivity index (χ2v) is 4.31. The SMILES string of the molecule is Nc1nc(C2CC2)ncc1-c1ccc(F)cc1. The van der Waals surface area contributed by atoms with E-state index in [0.29, 0.717) is 11.7 Å². The smallest absolute Gasteiger partial charge is 0.135 e. The van der Waals surface area contributed by atoms with Crippen molar-refractivity contribution in [3.8, 4) is 11.1 Å². The number of rotatable bonds is 2. The van der Waals surface area contributed by atoms with E-state index in [0.717, 1.165) is 29.8 Å². The number of nitrogens with two attached hydrogens (primary N) is 1. The van der Waals surface area contributed by atoms with Gasteiger partial charge in [0.1, 0.15) is 17.5 Å². The number of benzene rings is 1. The third kappa shape index (κ3) is 1.98. The summed E-state index contributed by atoms with van der Waals surface area (Å²) >= 11 is 0. The van der Waals surface area contributed by atoms with Crippen molar-refractivity contribution in [2.45, 2.75) is 18.8 Å². The number of hydrogen-bond donors (Lipinski definition) is 1. The Bertz CT molecular complexity index is 547. The molecule has 1 aromatic carbocycles. The molecule has 3 nitrogen and oxygen atoms in total. The molecule has 0 atom stereocenters. The van der Waals surface area contributed by atoms with Crippen LogP contribution in [0.25, 0.3) is 11.1 Å². The zero-order valence-corrected chi connectivity index (χ0v) is 9.23. The van der Waals surface area contributed by atoms with E-state index in [1.54, 1.807) is 18.3 Å². The molecule has 0 radical (unpaired) electrons. The van der Waals surface area contributed by atoms with E-state index in [1.165, 1.54) is 12.1 Å². The minimum absolute atomic E-state index is 0.261. The summed E-state index contributed by atoms with van der Waals surface area (Å²) in [5, 5.41) is 0. The summed E-state index contributed by atoms with van der Waals surface area (Å²) in [6.07, 6.45) is 4.02. The van der Waals surface area contributed by atoms with Crippen LogP contribution in [0.15, 0.2) is 30.5 Å². The number of halogens is 1. The summed E-state index contributed by atoms with van der Waals surface area (Å²) in [5.74, 6) is 1.52. The quantitative estimate of drug-likeness (QED) is 0.861. The zero-order valence-electron chi connectivity index (χ0n) is 9.23. The summed E-state index contributed by atoms with van der Waals surface area (Å²) in [6.45, 7) is 0. The molecule has 1 aliphatic carbocycles. The van der Waals surface area contributed by atoms with Crippen molar-refractivity contribution in [2.24, 2.45) is 0 Å². The molecule has 4 heteroatoms. The Labute approximate surface area is 98.5 Å². The predicted molar refractivity (Wildman–Crippen MR) is 63.8 cm³/mol. The molecule has 1 aliphatic rings. The van der Waals surface area contributed by atoms with Crippen molar-refractivity contribution in [1.29, 1.82) is 0 Å². The normalized spacial score (nSPS) is 14.9. The molecule has 17 heavy (non-hydrogen) atoms. The van der Waals surface area contributed by atoms with Crippen molar-refractivity contribution < 1.29 is 4.39 Å². The molecule has 86 valence electrons. The molecule has 1 saturated carbocycles. The number of anilines is 1. The molecule has 0 unspecified atom stereocenters. The summed E-state index contributed by atoms with van der Waals surface area (Å²) in [5.41, 5.74) is 7.51. The van der Waals surface area contributed by atoms with Crippen LogP contribution in [0, 0.1) is 5.82 Å². The molecule has 2 N–H and O–H groups in total. The van der Waals surface area contributed by atoms with Gasteiger partial charge >= 0.3 is 0 Å². The Balaban J connectivity index is 1.99. The van der Waals surface area contributed by atoms with E-state index >= 15 is 0 Å². The molecule has 1 aromatic heterocycles. The van der Waals surface area contributed by atoms with Gasteiger partial charge in [-0.05, 0) is 30.5 Å². The fourth-order valence-corrected chi connectivity index (χ4v) is 1.80. The standard InChI is InChI=1S/C13H12FN3/c14-10-5-3-8(4-6-10)11-7-16-13(9-1-2-9)17-12(11)15/h3-7,9H,1-2H2,(H2,15,16,17). The Morgan fingerprint density at radius 3 is 2.47 bits per heavy atom. The summed E-state index contributed by atoms with van der Waals surface area (Å²) in [7, 11) is 0. The second kappa shape index (κ2) is 3.80. The molecule has 1 fully saturated rings. The summed E-state index contributed by atoms with van der Waals surface area (Å²) < 4.78 is 12.8. The highest BCUT2D eigenvalue weighted by molar-refractivity contribution is 5.72. The van der Waals surface area contributed by atoms with E-state index in [4.69, 9.17) is 5.73 Å². The fourth-order valence-electron chi connectivity index (χ4n) is 1.80. The molecular weight excluding hydrogens is 217 g/mol. The van der Waals surface area contributed by atoms with Gasteiger partial charge in [0.2, 0.25) is 0 Å². The van der Waals surface area contributed by atoms with Crippen LogP contribution < -0.4 is 5.73 Å². The van der Waals surface area contributed by atoms with Crippen LogP contribution in [-0.4, -0.2) is 9.97 Å². The van der Waals surface area contributed by atoms with Gasteiger partial charge in [-0.2, -0.15) is 0 Å². The van der Waals surface area contributed by atoms with Crippen LogP contribution in [0.5, 0.6) is 0 Å². The van der Waals surface area contributed by atoms with Crippen LogP contribution in [0.2, 0.25) is 0 Å². The van der Waals surface area contributed by atoms with E-state index in [9.17, 15) is 4.39 Å². The van der Waals surface area contributed by atoms with Crippen molar-refractivity contribution >= 4 is 5.82 Å². The molecule has 0 aliphatic heterocycles. The lowest BCUT2D eigenvalue weighted by atomic mass is 10.1. The lowest BCUT2D eigenvalue weighted by Crippen LogP contribution is -2.00. The molecule has 2 aromatic rings. The van der Waals surface area contributed by atoms with Gasteiger partial charge in [-0.25, -0.2) is 14.4 Å². The highest BCUT2D eigenvalue weighted by Gasteiger charge is 2.26. The first-order valence-electron chi connectivity index (χ1n) is 5.62. The Morgan fingerprint density at radius 2 is 1.88 bits per heavy atom. The minimum Gasteiger partial charge on any atom is -0.383 e. The molecule has 0 spiro atoms. The highest BCUT2D eigenvalue weighted by Crippen LogP contribution is 2.38. The van der Waals surface area contributed by atoms with Gasteiger partial charge in [0, 0.05) is 17.7 Å². The maximum absolute atomic E-state index is 12.8. The lowest BCUT2D eigenvalue weighted by molar-refractivity contribution is 0.628. The Morgan fingerprint density at radius 1 is 1.18 bits per heavy atom. The van der Waals surface area contributed by atoms with Crippen LogP contribution in [0.1, 0.15) is 24.6 Å². The molecular formula is C13H12FN3. The highest BCUT2D eigenvalue weighted by atomic mass is 19.1. The molecule has 0 saturated heterocycles. The first-order chi connectivity index (χ1) is 8.24. The van der Waals surface area contributed by atoms with Crippen LogP contribution in [-0.2, 0) is 0 Å². The van der Waals surface area contributed by atoms with Crippen molar-refractivity contribution in [2.75, 3.05) is 5.73 Å². The van der Waals surface area contributed by atoms with Gasteiger partial charge < -0.3 is 5.73 Å². The molecule has 1 heterocycles. The molecule has 3 rings (SSSR count). The second-order valence-electron chi connectivity index (χ2n) is 4.31. The van der Waals surface area contributed by atoms with Crippen LogP contribution >= 0.6 is 0 Å². The summed E-state index contributed by atoms with van der Waals surface area (Å²) in [4.78, 5) is 8.62. The first-order valence-corrected chi connectivity index (χ1v) is 5.62. The van der Waals surface area contributed by atoms with Crippen molar-refractivity contribution in [3.63, 3.8) is 0 Å². The van der Waals surface area contributed by atoms with Gasteiger partial charge in [-0.3, -0.25) is 0 Å². The Kier molecular flexibility index (Phi) is 2.28. The predicted octanol–water partition coefficient (Wildman–Crippen LogP) is 2.74. The molecule has 0 amide bonds. The van der Waals surface area contributed by atoms with Gasteiger partial charge in [-0.1, -0.05) is 12.1 Å². The summed E-state index contributed by atoms with van der Waals surface area (Å²) in [6, 6.07) is 6.18. The minimum atomic E-state index is -0.261. The maximum Gasteiger partial charge on any atom is 0.135 e. The topological polar surface area (TPSA) is 51.8 Å². The fraction of sp³-hybridized carbons (Fsp3) is 0.231. The first kappa shape index (κ1) is 10.2. The third-order valence-corrected chi connectivity index (χ3v) is 2.93. The van der Waals surface area contributed by atoms with Crippen LogP contribution in [0.3, 0.4) is 0 Å². The monoisotopic (exact) mass is 229 g/mol.